The average Bonchev–Trinajstić information content (AvgIpc) is 3.08. The van der Waals surface area contributed by atoms with Crippen molar-refractivity contribution in [1.29, 1.82) is 0 Å². The lowest BCUT2D eigenvalue weighted by atomic mass is 9.92. The molecule has 0 unspecified atom stereocenters. The fraction of sp³-hybridized carbons (Fsp3) is 0.560. The number of hydrogen-bond donors (Lipinski definition) is 2. The minimum Gasteiger partial charge on any atom is -0.358 e. The van der Waals surface area contributed by atoms with Crippen LogP contribution in [0, 0.1) is 17.7 Å². The fourth-order valence-corrected chi connectivity index (χ4v) is 5.05. The van der Waals surface area contributed by atoms with Crippen molar-refractivity contribution in [1.82, 2.24) is 15.3 Å². The lowest BCUT2D eigenvalue weighted by Gasteiger charge is -2.36. The van der Waals surface area contributed by atoms with Gasteiger partial charge in [-0.15, -0.1) is 0 Å². The third-order valence-electron chi connectivity index (χ3n) is 6.41. The molecule has 8 heteroatoms. The van der Waals surface area contributed by atoms with Crippen LogP contribution in [0.5, 0.6) is 0 Å². The molecule has 0 amide bonds. The topological polar surface area (TPSA) is 56.3 Å². The summed E-state index contributed by atoms with van der Waals surface area (Å²) in [6.45, 7) is 9.19. The number of piperidine rings is 1. The lowest BCUT2D eigenvalue weighted by Crippen LogP contribution is -2.39. The minimum atomic E-state index is -0.243. The van der Waals surface area contributed by atoms with Crippen LogP contribution in [0.2, 0.25) is 0 Å². The van der Waals surface area contributed by atoms with Gasteiger partial charge in [0, 0.05) is 38.8 Å². The van der Waals surface area contributed by atoms with Gasteiger partial charge in [-0.3, -0.25) is 0 Å². The number of aromatic nitrogens is 2. The predicted octanol–water partition coefficient (Wildman–Crippen LogP) is 4.97. The van der Waals surface area contributed by atoms with E-state index in [2.05, 4.69) is 40.3 Å². The van der Waals surface area contributed by atoms with Gasteiger partial charge < -0.3 is 20.4 Å². The van der Waals surface area contributed by atoms with Crippen molar-refractivity contribution < 1.29 is 4.39 Å². The Morgan fingerprint density at radius 2 is 1.58 bits per heavy atom. The zero-order valence-electron chi connectivity index (χ0n) is 19.7. The molecule has 1 aromatic heterocycles. The summed E-state index contributed by atoms with van der Waals surface area (Å²) in [6, 6.07) is 8.55. The Hall–Kier alpha value is -2.48. The normalized spacial score (nSPS) is 21.4. The number of thiocarbonyl (C=S) groups is 1. The summed E-state index contributed by atoms with van der Waals surface area (Å²) in [4.78, 5) is 14.5. The molecule has 33 heavy (non-hydrogen) atoms. The number of benzene rings is 1. The third kappa shape index (κ3) is 6.76. The Balaban J connectivity index is 1.51. The molecular weight excluding hydrogens is 435 g/mol. The zero-order chi connectivity index (χ0) is 23.2. The molecule has 2 saturated heterocycles. The van der Waals surface area contributed by atoms with Crippen LogP contribution in [0.3, 0.4) is 0 Å². The molecule has 0 aliphatic carbocycles. The van der Waals surface area contributed by atoms with Crippen LogP contribution in [0.4, 0.5) is 22.0 Å². The molecule has 2 N–H and O–H groups in total. The van der Waals surface area contributed by atoms with E-state index < -0.39 is 0 Å². The number of nitrogens with one attached hydrogen (secondary N) is 2. The predicted molar refractivity (Wildman–Crippen MR) is 137 cm³/mol. The Bertz CT molecular complexity index is 919. The van der Waals surface area contributed by atoms with Gasteiger partial charge in [0.15, 0.2) is 5.11 Å². The second-order valence-corrected chi connectivity index (χ2v) is 10.0. The van der Waals surface area contributed by atoms with E-state index in [-0.39, 0.29) is 5.82 Å². The molecule has 3 heterocycles. The standard InChI is InChI=1S/C25H35FN6S/c1-18-13-19(2)17-32(16-18)23-14-22(31-11-5-3-4-6-12-31)28-24(29-23)30-25(33)27-15-20-7-9-21(26)10-8-20/h7-10,14,18-19H,3-6,11-13,15-17H2,1-2H3,(H2,27,28,29,30,33)/t18-,19-/m1/s1. The van der Waals surface area contributed by atoms with E-state index in [0.717, 1.165) is 43.4 Å². The van der Waals surface area contributed by atoms with Crippen molar-refractivity contribution in [3.63, 3.8) is 0 Å². The van der Waals surface area contributed by atoms with Gasteiger partial charge in [0.05, 0.1) is 0 Å². The van der Waals surface area contributed by atoms with Crippen molar-refractivity contribution in [3.05, 3.63) is 41.7 Å². The van der Waals surface area contributed by atoms with Gasteiger partial charge in [0.1, 0.15) is 17.5 Å². The quantitative estimate of drug-likeness (QED) is 0.599. The molecule has 2 aliphatic rings. The average molecular weight is 471 g/mol. The molecule has 0 spiro atoms. The highest BCUT2D eigenvalue weighted by molar-refractivity contribution is 7.80. The molecule has 0 saturated carbocycles. The molecule has 178 valence electrons. The van der Waals surface area contributed by atoms with Gasteiger partial charge in [0.25, 0.3) is 0 Å². The minimum absolute atomic E-state index is 0.243. The summed E-state index contributed by atoms with van der Waals surface area (Å²) in [6.07, 6.45) is 6.19. The molecule has 2 fully saturated rings. The maximum absolute atomic E-state index is 13.1. The second kappa shape index (κ2) is 11.1. The second-order valence-electron chi connectivity index (χ2n) is 9.59. The number of rotatable bonds is 5. The Morgan fingerprint density at radius 1 is 0.970 bits per heavy atom. The number of nitrogens with zero attached hydrogens (tertiary/aromatic N) is 4. The van der Waals surface area contributed by atoms with E-state index in [1.807, 2.05) is 0 Å². The van der Waals surface area contributed by atoms with Gasteiger partial charge in [-0.1, -0.05) is 38.8 Å². The first kappa shape index (κ1) is 23.7. The van der Waals surface area contributed by atoms with Crippen molar-refractivity contribution in [2.45, 2.75) is 52.5 Å². The van der Waals surface area contributed by atoms with Gasteiger partial charge in [0.2, 0.25) is 5.95 Å². The fourth-order valence-electron chi connectivity index (χ4n) is 4.88. The number of hydrogen-bond acceptors (Lipinski definition) is 5. The van der Waals surface area contributed by atoms with Gasteiger partial charge in [-0.2, -0.15) is 9.97 Å². The van der Waals surface area contributed by atoms with Crippen molar-refractivity contribution >= 4 is 34.9 Å². The van der Waals surface area contributed by atoms with E-state index in [9.17, 15) is 4.39 Å². The maximum atomic E-state index is 13.1. The van der Waals surface area contributed by atoms with Crippen LogP contribution in [-0.4, -0.2) is 41.3 Å². The Morgan fingerprint density at radius 3 is 2.21 bits per heavy atom. The largest absolute Gasteiger partial charge is 0.358 e. The van der Waals surface area contributed by atoms with Crippen LogP contribution in [0.15, 0.2) is 30.3 Å². The van der Waals surface area contributed by atoms with E-state index in [1.54, 1.807) is 12.1 Å². The molecule has 0 radical (unpaired) electrons. The van der Waals surface area contributed by atoms with Crippen LogP contribution >= 0.6 is 12.2 Å². The van der Waals surface area contributed by atoms with Crippen LogP contribution in [0.1, 0.15) is 51.5 Å². The summed E-state index contributed by atoms with van der Waals surface area (Å²) in [5, 5.41) is 6.83. The van der Waals surface area contributed by atoms with E-state index in [1.165, 1.54) is 44.2 Å². The van der Waals surface area contributed by atoms with Gasteiger partial charge >= 0.3 is 0 Å². The SMILES string of the molecule is C[C@@H]1C[C@@H](C)CN(c2cc(N3CCCCCC3)nc(NC(=S)NCc3ccc(F)cc3)n2)C1. The van der Waals surface area contributed by atoms with Crippen LogP contribution in [0.25, 0.3) is 0 Å². The van der Waals surface area contributed by atoms with Gasteiger partial charge in [-0.05, 0) is 61.0 Å². The van der Waals surface area contributed by atoms with E-state index in [4.69, 9.17) is 22.2 Å². The Labute approximate surface area is 202 Å². The molecule has 6 nitrogen and oxygen atoms in total. The van der Waals surface area contributed by atoms with Crippen LogP contribution in [-0.2, 0) is 6.54 Å². The zero-order valence-corrected chi connectivity index (χ0v) is 20.5. The van der Waals surface area contributed by atoms with Crippen molar-refractivity contribution in [2.24, 2.45) is 11.8 Å². The summed E-state index contributed by atoms with van der Waals surface area (Å²) in [7, 11) is 0. The summed E-state index contributed by atoms with van der Waals surface area (Å²) in [5.41, 5.74) is 0.955. The molecule has 0 bridgehead atoms. The summed E-state index contributed by atoms with van der Waals surface area (Å²) in [5.74, 6) is 3.49. The molecule has 2 aliphatic heterocycles. The number of anilines is 3. The maximum Gasteiger partial charge on any atom is 0.232 e. The first-order valence-electron chi connectivity index (χ1n) is 12.1. The molecule has 2 aromatic rings. The molecule has 1 aromatic carbocycles. The number of halogens is 1. The molecule has 4 rings (SSSR count). The summed E-state index contributed by atoms with van der Waals surface area (Å²) >= 11 is 5.52. The molecule has 2 atom stereocenters. The Kier molecular flexibility index (Phi) is 7.96. The van der Waals surface area contributed by atoms with Crippen LogP contribution < -0.4 is 20.4 Å². The van der Waals surface area contributed by atoms with Crippen molar-refractivity contribution in [3.8, 4) is 0 Å². The lowest BCUT2D eigenvalue weighted by molar-refractivity contribution is 0.355. The summed E-state index contributed by atoms with van der Waals surface area (Å²) < 4.78 is 13.1. The van der Waals surface area contributed by atoms with Crippen molar-refractivity contribution in [2.75, 3.05) is 41.3 Å². The highest BCUT2D eigenvalue weighted by Gasteiger charge is 2.24. The smallest absolute Gasteiger partial charge is 0.232 e. The first-order chi connectivity index (χ1) is 16.0. The molecular formula is C25H35FN6S. The van der Waals surface area contributed by atoms with E-state index >= 15 is 0 Å². The highest BCUT2D eigenvalue weighted by Crippen LogP contribution is 2.29. The first-order valence-corrected chi connectivity index (χ1v) is 12.6. The third-order valence-corrected chi connectivity index (χ3v) is 6.66. The highest BCUT2D eigenvalue weighted by atomic mass is 32.1. The monoisotopic (exact) mass is 470 g/mol. The van der Waals surface area contributed by atoms with Gasteiger partial charge in [-0.25, -0.2) is 4.39 Å². The van der Waals surface area contributed by atoms with E-state index in [0.29, 0.717) is 29.4 Å².